The zero-order valence-corrected chi connectivity index (χ0v) is 10.6. The lowest BCUT2D eigenvalue weighted by Crippen LogP contribution is -2.05. The van der Waals surface area contributed by atoms with Gasteiger partial charge in [0, 0.05) is 12.6 Å². The summed E-state index contributed by atoms with van der Waals surface area (Å²) in [6.45, 7) is 1.40. The third-order valence-corrected chi connectivity index (χ3v) is 3.31. The second-order valence-corrected chi connectivity index (χ2v) is 4.82. The summed E-state index contributed by atoms with van der Waals surface area (Å²) in [5.74, 6) is -0.130. The van der Waals surface area contributed by atoms with Crippen molar-refractivity contribution in [1.29, 1.82) is 0 Å². The summed E-state index contributed by atoms with van der Waals surface area (Å²) in [6.07, 6.45) is -2.99. The molecule has 2 aromatic rings. The largest absolute Gasteiger partial charge is 0.416 e. The van der Waals surface area contributed by atoms with Gasteiger partial charge in [0.1, 0.15) is 0 Å². The first-order valence-electron chi connectivity index (χ1n) is 5.27. The Morgan fingerprint density at radius 2 is 2.11 bits per heavy atom. The molecule has 0 bridgehead atoms. The summed E-state index contributed by atoms with van der Waals surface area (Å²) in [6, 6.07) is 4.80. The molecule has 1 aromatic heterocycles. The summed E-state index contributed by atoms with van der Waals surface area (Å²) >= 11 is 1.10. The van der Waals surface area contributed by atoms with Gasteiger partial charge >= 0.3 is 6.18 Å². The maximum atomic E-state index is 12.5. The Hall–Kier alpha value is -1.89. The summed E-state index contributed by atoms with van der Waals surface area (Å²) < 4.78 is 37.6. The number of anilines is 2. The minimum atomic E-state index is -4.38. The zero-order chi connectivity index (χ0) is 14.0. The van der Waals surface area contributed by atoms with Crippen LogP contribution in [0.15, 0.2) is 30.5 Å². The Kier molecular flexibility index (Phi) is 3.57. The van der Waals surface area contributed by atoms with Crippen LogP contribution in [0.4, 0.5) is 24.0 Å². The lowest BCUT2D eigenvalue weighted by atomic mass is 10.2. The molecule has 3 nitrogen and oxygen atoms in total. The van der Waals surface area contributed by atoms with Gasteiger partial charge in [-0.25, -0.2) is 4.98 Å². The normalized spacial score (nSPS) is 11.4. The van der Waals surface area contributed by atoms with Crippen LogP contribution in [0.25, 0.3) is 0 Å². The van der Waals surface area contributed by atoms with Crippen molar-refractivity contribution in [3.8, 4) is 0 Å². The minimum absolute atomic E-state index is 0.130. The fourth-order valence-electron chi connectivity index (χ4n) is 1.39. The molecular weight excluding hydrogens is 277 g/mol. The van der Waals surface area contributed by atoms with E-state index in [0.717, 1.165) is 23.5 Å². The first-order chi connectivity index (χ1) is 8.86. The van der Waals surface area contributed by atoms with E-state index in [2.05, 4.69) is 10.3 Å². The average Bonchev–Trinajstić information content (AvgIpc) is 2.77. The summed E-state index contributed by atoms with van der Waals surface area (Å²) in [5.41, 5.74) is -0.458. The molecule has 1 heterocycles. The second-order valence-electron chi connectivity index (χ2n) is 3.79. The Labute approximate surface area is 111 Å². The van der Waals surface area contributed by atoms with E-state index in [9.17, 15) is 18.0 Å². The molecule has 0 spiro atoms. The highest BCUT2D eigenvalue weighted by atomic mass is 32.1. The number of carbonyl (C=O) groups excluding carboxylic acids is 1. The monoisotopic (exact) mass is 286 g/mol. The van der Waals surface area contributed by atoms with Gasteiger partial charge < -0.3 is 5.32 Å². The van der Waals surface area contributed by atoms with Gasteiger partial charge in [0.25, 0.3) is 0 Å². The molecule has 2 rings (SSSR count). The summed E-state index contributed by atoms with van der Waals surface area (Å²) in [4.78, 5) is 15.5. The van der Waals surface area contributed by atoms with Crippen LogP contribution in [0, 0.1) is 0 Å². The maximum absolute atomic E-state index is 12.5. The lowest BCUT2D eigenvalue weighted by molar-refractivity contribution is -0.137. The highest BCUT2D eigenvalue weighted by Crippen LogP contribution is 2.31. The van der Waals surface area contributed by atoms with Crippen molar-refractivity contribution in [3.63, 3.8) is 0 Å². The molecule has 1 aromatic carbocycles. The number of hydrogen-bond donors (Lipinski definition) is 1. The molecule has 0 atom stereocenters. The van der Waals surface area contributed by atoms with Crippen LogP contribution >= 0.6 is 11.3 Å². The predicted octanol–water partition coefficient (Wildman–Crippen LogP) is 4.11. The van der Waals surface area contributed by atoms with Crippen molar-refractivity contribution in [1.82, 2.24) is 4.98 Å². The Bertz CT molecular complexity index is 607. The third-order valence-electron chi connectivity index (χ3n) is 2.29. The number of alkyl halides is 3. The van der Waals surface area contributed by atoms with Gasteiger partial charge in [0.05, 0.1) is 16.6 Å². The number of carbonyl (C=O) groups is 1. The molecule has 100 valence electrons. The van der Waals surface area contributed by atoms with Crippen molar-refractivity contribution in [2.45, 2.75) is 13.1 Å². The van der Waals surface area contributed by atoms with Crippen molar-refractivity contribution in [2.24, 2.45) is 0 Å². The van der Waals surface area contributed by atoms with Gasteiger partial charge in [-0.2, -0.15) is 13.2 Å². The number of Topliss-reactive ketones (excluding diaryl/α,β-unsaturated/α-hetero) is 1. The van der Waals surface area contributed by atoms with Gasteiger partial charge in [0.2, 0.25) is 0 Å². The quantitative estimate of drug-likeness (QED) is 0.863. The summed E-state index contributed by atoms with van der Waals surface area (Å²) in [5, 5.41) is 3.13. The van der Waals surface area contributed by atoms with Crippen molar-refractivity contribution in [3.05, 3.63) is 40.9 Å². The van der Waals surface area contributed by atoms with Crippen molar-refractivity contribution >= 4 is 27.9 Å². The van der Waals surface area contributed by atoms with Gasteiger partial charge in [-0.15, -0.1) is 0 Å². The molecule has 0 saturated carbocycles. The number of halogens is 3. The van der Waals surface area contributed by atoms with E-state index in [0.29, 0.717) is 10.0 Å². The Morgan fingerprint density at radius 3 is 2.68 bits per heavy atom. The molecule has 0 saturated heterocycles. The first kappa shape index (κ1) is 13.5. The predicted molar refractivity (Wildman–Crippen MR) is 66.8 cm³/mol. The summed E-state index contributed by atoms with van der Waals surface area (Å²) in [7, 11) is 0. The van der Waals surface area contributed by atoms with Crippen LogP contribution < -0.4 is 5.32 Å². The molecule has 7 heteroatoms. The molecule has 0 unspecified atom stereocenters. The number of ketones is 1. The third kappa shape index (κ3) is 3.31. The fraction of sp³-hybridized carbons (Fsp3) is 0.167. The van der Waals surface area contributed by atoms with Gasteiger partial charge in [0.15, 0.2) is 10.9 Å². The molecule has 0 amide bonds. The average molecular weight is 286 g/mol. The number of thiazole rings is 1. The molecule has 0 fully saturated rings. The van der Waals surface area contributed by atoms with Crippen LogP contribution in [-0.4, -0.2) is 10.8 Å². The van der Waals surface area contributed by atoms with Crippen LogP contribution in [0.2, 0.25) is 0 Å². The SMILES string of the molecule is CC(=O)c1cnc(Nc2cccc(C(F)(F)F)c2)s1. The van der Waals surface area contributed by atoms with Crippen molar-refractivity contribution < 1.29 is 18.0 Å². The van der Waals surface area contributed by atoms with Crippen LogP contribution in [-0.2, 0) is 6.18 Å². The highest BCUT2D eigenvalue weighted by molar-refractivity contribution is 7.17. The van der Waals surface area contributed by atoms with E-state index in [-0.39, 0.29) is 11.5 Å². The number of aromatic nitrogens is 1. The van der Waals surface area contributed by atoms with Crippen LogP contribution in [0.5, 0.6) is 0 Å². The van der Waals surface area contributed by atoms with E-state index < -0.39 is 11.7 Å². The van der Waals surface area contributed by atoms with Crippen molar-refractivity contribution in [2.75, 3.05) is 5.32 Å². The zero-order valence-electron chi connectivity index (χ0n) is 9.78. The minimum Gasteiger partial charge on any atom is -0.332 e. The Balaban J connectivity index is 2.21. The van der Waals surface area contributed by atoms with E-state index in [1.54, 1.807) is 0 Å². The molecule has 1 N–H and O–H groups in total. The van der Waals surface area contributed by atoms with Crippen LogP contribution in [0.1, 0.15) is 22.2 Å². The Morgan fingerprint density at radius 1 is 1.37 bits per heavy atom. The number of benzene rings is 1. The van der Waals surface area contributed by atoms with Gasteiger partial charge in [-0.05, 0) is 18.2 Å². The van der Waals surface area contributed by atoms with Gasteiger partial charge in [-0.1, -0.05) is 17.4 Å². The van der Waals surface area contributed by atoms with E-state index in [1.807, 2.05) is 0 Å². The molecule has 0 aliphatic carbocycles. The smallest absolute Gasteiger partial charge is 0.332 e. The number of nitrogens with one attached hydrogen (secondary N) is 1. The van der Waals surface area contributed by atoms with E-state index in [1.165, 1.54) is 25.3 Å². The van der Waals surface area contributed by atoms with E-state index in [4.69, 9.17) is 0 Å². The maximum Gasteiger partial charge on any atom is 0.416 e. The molecular formula is C12H9F3N2OS. The highest BCUT2D eigenvalue weighted by Gasteiger charge is 2.30. The second kappa shape index (κ2) is 5.00. The van der Waals surface area contributed by atoms with Gasteiger partial charge in [-0.3, -0.25) is 4.79 Å². The standard InChI is InChI=1S/C12H9F3N2OS/c1-7(18)10-6-16-11(19-10)17-9-4-2-3-8(5-9)12(13,14)15/h2-6H,1H3,(H,16,17). The number of nitrogens with zero attached hydrogens (tertiary/aromatic N) is 1. The van der Waals surface area contributed by atoms with E-state index >= 15 is 0 Å². The fourth-order valence-corrected chi connectivity index (χ4v) is 2.12. The molecule has 0 aliphatic heterocycles. The molecule has 0 radical (unpaired) electrons. The van der Waals surface area contributed by atoms with Crippen LogP contribution in [0.3, 0.4) is 0 Å². The first-order valence-corrected chi connectivity index (χ1v) is 6.09. The number of rotatable bonds is 3. The topological polar surface area (TPSA) is 42.0 Å². The molecule has 19 heavy (non-hydrogen) atoms. The lowest BCUT2D eigenvalue weighted by Gasteiger charge is -2.08. The molecule has 0 aliphatic rings. The number of hydrogen-bond acceptors (Lipinski definition) is 4.